The van der Waals surface area contributed by atoms with Crippen LogP contribution < -0.4 is 5.73 Å². The number of nitrogen functional groups attached to an aromatic ring is 1. The van der Waals surface area contributed by atoms with Crippen molar-refractivity contribution in [1.29, 1.82) is 0 Å². The molecule has 0 atom stereocenters. The number of anilines is 1. The van der Waals surface area contributed by atoms with E-state index in [1.54, 1.807) is 0 Å². The highest BCUT2D eigenvalue weighted by atomic mass is 32.1. The van der Waals surface area contributed by atoms with Crippen LogP contribution in [0.3, 0.4) is 0 Å². The average Bonchev–Trinajstić information content (AvgIpc) is 2.50. The number of hydrogen-bond acceptors (Lipinski definition) is 4. The summed E-state index contributed by atoms with van der Waals surface area (Å²) in [6.45, 7) is 13.0. The van der Waals surface area contributed by atoms with Gasteiger partial charge in [0.1, 0.15) is 10.7 Å². The van der Waals surface area contributed by atoms with Crippen molar-refractivity contribution in [3.05, 3.63) is 12.3 Å². The van der Waals surface area contributed by atoms with Crippen molar-refractivity contribution < 1.29 is 0 Å². The van der Waals surface area contributed by atoms with E-state index >= 15 is 0 Å². The third-order valence-electron chi connectivity index (χ3n) is 1.17. The third-order valence-corrected chi connectivity index (χ3v) is 1.99. The van der Waals surface area contributed by atoms with Gasteiger partial charge in [-0.25, -0.2) is 4.98 Å². The highest BCUT2D eigenvalue weighted by molar-refractivity contribution is 7.19. The molecule has 1 heterocycles. The molecule has 0 saturated heterocycles. The van der Waals surface area contributed by atoms with Crippen LogP contribution >= 0.6 is 11.3 Å². The number of nitrogens with two attached hydrogens (primary N) is 1. The van der Waals surface area contributed by atoms with Crippen LogP contribution in [0.15, 0.2) is 11.6 Å². The van der Waals surface area contributed by atoms with E-state index in [-0.39, 0.29) is 0 Å². The number of nitrogens with zero attached hydrogens (tertiary/aromatic N) is 2. The quantitative estimate of drug-likeness (QED) is 0.740. The van der Waals surface area contributed by atoms with Gasteiger partial charge in [0.15, 0.2) is 5.13 Å². The van der Waals surface area contributed by atoms with E-state index in [0.717, 1.165) is 16.3 Å². The third kappa shape index (κ3) is 2.99. The molecule has 4 heteroatoms. The van der Waals surface area contributed by atoms with Crippen molar-refractivity contribution >= 4 is 33.8 Å². The lowest BCUT2D eigenvalue weighted by Gasteiger charge is -1.91. The zero-order chi connectivity index (χ0) is 10.4. The second-order valence-corrected chi connectivity index (χ2v) is 3.15. The van der Waals surface area contributed by atoms with Gasteiger partial charge in [-0.2, -0.15) is 0 Å². The molecular formula is C9H15N3S. The van der Waals surface area contributed by atoms with Crippen molar-refractivity contribution in [3.8, 4) is 0 Å². The zero-order valence-electron chi connectivity index (χ0n) is 8.29. The molecule has 0 aliphatic heterocycles. The van der Waals surface area contributed by atoms with Gasteiger partial charge in [-0.15, -0.1) is 0 Å². The predicted octanol–water partition coefficient (Wildman–Crippen LogP) is 3.12. The first-order valence-corrected chi connectivity index (χ1v) is 4.85. The van der Waals surface area contributed by atoms with Gasteiger partial charge in [0, 0.05) is 0 Å². The molecule has 0 fully saturated rings. The normalized spacial score (nSPS) is 8.54. The lowest BCUT2D eigenvalue weighted by molar-refractivity contribution is 1.34. The number of thiazole rings is 1. The Balaban J connectivity index is 0.000000671. The fourth-order valence-corrected chi connectivity index (χ4v) is 1.43. The maximum Gasteiger partial charge on any atom is 0.182 e. The number of aromatic nitrogens is 1. The van der Waals surface area contributed by atoms with Gasteiger partial charge in [0.05, 0.1) is 0 Å². The second kappa shape index (κ2) is 5.48. The van der Waals surface area contributed by atoms with Gasteiger partial charge in [-0.05, 0) is 19.2 Å². The molecule has 72 valence electrons. The Hall–Kier alpha value is -1.16. The Morgan fingerprint density at radius 1 is 1.54 bits per heavy atom. The highest BCUT2D eigenvalue weighted by Gasteiger charge is 2.07. The molecule has 0 spiro atoms. The standard InChI is InChI=1S/C7H9N3S.C2H6/c1-4(2)5-6(9-3)11-7(8)10-5;1-2/h1,3H2,2H3,(H2,8,10);1-2H3. The van der Waals surface area contributed by atoms with Gasteiger partial charge in [0.25, 0.3) is 0 Å². The summed E-state index contributed by atoms with van der Waals surface area (Å²) in [5, 5.41) is 1.25. The summed E-state index contributed by atoms with van der Waals surface area (Å²) in [6.07, 6.45) is 0. The molecule has 0 bridgehead atoms. The number of hydrogen-bond donors (Lipinski definition) is 1. The molecule has 0 amide bonds. The van der Waals surface area contributed by atoms with E-state index in [0.29, 0.717) is 5.13 Å². The number of allylic oxidation sites excluding steroid dienone is 1. The van der Waals surface area contributed by atoms with Gasteiger partial charge in [0.2, 0.25) is 0 Å². The van der Waals surface area contributed by atoms with Crippen LogP contribution in [0.4, 0.5) is 10.1 Å². The largest absolute Gasteiger partial charge is 0.375 e. The minimum Gasteiger partial charge on any atom is -0.375 e. The topological polar surface area (TPSA) is 51.3 Å². The molecule has 0 aliphatic carbocycles. The molecule has 0 radical (unpaired) electrons. The van der Waals surface area contributed by atoms with Gasteiger partial charge in [-0.1, -0.05) is 31.8 Å². The first kappa shape index (κ1) is 11.8. The van der Waals surface area contributed by atoms with Crippen LogP contribution in [0, 0.1) is 0 Å². The monoisotopic (exact) mass is 197 g/mol. The summed E-state index contributed by atoms with van der Waals surface area (Å²) < 4.78 is 0. The zero-order valence-corrected chi connectivity index (χ0v) is 9.11. The van der Waals surface area contributed by atoms with E-state index in [1.807, 2.05) is 20.8 Å². The maximum absolute atomic E-state index is 5.47. The van der Waals surface area contributed by atoms with E-state index in [1.165, 1.54) is 11.3 Å². The van der Waals surface area contributed by atoms with Crippen molar-refractivity contribution in [1.82, 2.24) is 4.98 Å². The summed E-state index contributed by atoms with van der Waals surface area (Å²) in [5.41, 5.74) is 7.09. The fraction of sp³-hybridized carbons (Fsp3) is 0.333. The highest BCUT2D eigenvalue weighted by Crippen LogP contribution is 2.32. The average molecular weight is 197 g/mol. The van der Waals surface area contributed by atoms with E-state index in [2.05, 4.69) is 23.3 Å². The van der Waals surface area contributed by atoms with Crippen molar-refractivity contribution in [2.45, 2.75) is 20.8 Å². The molecule has 0 unspecified atom stereocenters. The molecule has 13 heavy (non-hydrogen) atoms. The first-order valence-electron chi connectivity index (χ1n) is 4.04. The Labute approximate surface area is 83.0 Å². The molecule has 1 aromatic rings. The lowest BCUT2D eigenvalue weighted by atomic mass is 10.3. The van der Waals surface area contributed by atoms with Crippen LogP contribution in [0.2, 0.25) is 0 Å². The van der Waals surface area contributed by atoms with Crippen molar-refractivity contribution in [2.75, 3.05) is 5.73 Å². The molecule has 0 aromatic carbocycles. The molecule has 0 aliphatic rings. The summed E-state index contributed by atoms with van der Waals surface area (Å²) >= 11 is 1.32. The first-order chi connectivity index (χ1) is 6.15. The Morgan fingerprint density at radius 3 is 2.38 bits per heavy atom. The van der Waals surface area contributed by atoms with E-state index in [4.69, 9.17) is 5.73 Å². The van der Waals surface area contributed by atoms with Gasteiger partial charge < -0.3 is 5.73 Å². The van der Waals surface area contributed by atoms with Gasteiger partial charge >= 0.3 is 0 Å². The van der Waals surface area contributed by atoms with E-state index in [9.17, 15) is 0 Å². The SMILES string of the molecule is C=Nc1sc(N)nc1C(=C)C.CC. The maximum atomic E-state index is 5.47. The molecule has 3 nitrogen and oxygen atoms in total. The van der Waals surface area contributed by atoms with Crippen LogP contribution in [0.5, 0.6) is 0 Å². The summed E-state index contributed by atoms with van der Waals surface area (Å²) in [4.78, 5) is 7.82. The number of aliphatic imine (C=N–C) groups is 1. The van der Waals surface area contributed by atoms with Crippen LogP contribution in [-0.4, -0.2) is 11.7 Å². The van der Waals surface area contributed by atoms with Gasteiger partial charge in [-0.3, -0.25) is 4.99 Å². The minimum atomic E-state index is 0.505. The van der Waals surface area contributed by atoms with Crippen molar-refractivity contribution in [2.24, 2.45) is 4.99 Å². The Kier molecular flexibility index (Phi) is 4.99. The predicted molar refractivity (Wildman–Crippen MR) is 61.8 cm³/mol. The summed E-state index contributed by atoms with van der Waals surface area (Å²) in [5.74, 6) is 0. The Morgan fingerprint density at radius 2 is 2.08 bits per heavy atom. The number of rotatable bonds is 2. The van der Waals surface area contributed by atoms with Crippen LogP contribution in [0.1, 0.15) is 26.5 Å². The lowest BCUT2D eigenvalue weighted by Crippen LogP contribution is -1.83. The van der Waals surface area contributed by atoms with Crippen LogP contribution in [0.25, 0.3) is 5.57 Å². The smallest absolute Gasteiger partial charge is 0.182 e. The Bertz CT molecular complexity index is 302. The molecule has 0 saturated carbocycles. The van der Waals surface area contributed by atoms with Crippen LogP contribution in [-0.2, 0) is 0 Å². The summed E-state index contributed by atoms with van der Waals surface area (Å²) in [6, 6.07) is 0. The second-order valence-electron chi connectivity index (χ2n) is 2.14. The molecule has 1 rings (SSSR count). The molecule has 2 N–H and O–H groups in total. The minimum absolute atomic E-state index is 0.505. The van der Waals surface area contributed by atoms with E-state index < -0.39 is 0 Å². The molecular weight excluding hydrogens is 182 g/mol. The summed E-state index contributed by atoms with van der Waals surface area (Å²) in [7, 11) is 0. The van der Waals surface area contributed by atoms with Crippen molar-refractivity contribution in [3.63, 3.8) is 0 Å². The molecule has 1 aromatic heterocycles. The fourth-order valence-electron chi connectivity index (χ4n) is 0.713.